The van der Waals surface area contributed by atoms with Crippen molar-refractivity contribution in [1.29, 1.82) is 0 Å². The van der Waals surface area contributed by atoms with Gasteiger partial charge < -0.3 is 15.7 Å². The Labute approximate surface area is 140 Å². The Balaban J connectivity index is 1.83. The molecular weight excluding hydrogens is 310 g/mol. The predicted octanol–water partition coefficient (Wildman–Crippen LogP) is 3.73. The Morgan fingerprint density at radius 1 is 1.30 bits per heavy atom. The number of aromatic nitrogens is 1. The molecule has 0 spiro atoms. The Morgan fingerprint density at radius 2 is 2.09 bits per heavy atom. The standard InChI is InChI=1S/C17H23N3O2S/c1-2-3-13(8-10-21)12-19-17(22)20-15-6-4-14(5-7-15)16-18-9-11-23-16/h4-7,9,11,13,21H,2-3,8,10,12H2,1H3,(H2,19,20,22). The molecule has 124 valence electrons. The van der Waals surface area contributed by atoms with Crippen LogP contribution in [0.15, 0.2) is 35.8 Å². The van der Waals surface area contributed by atoms with Gasteiger partial charge in [0.25, 0.3) is 0 Å². The fourth-order valence-corrected chi connectivity index (χ4v) is 3.06. The SMILES string of the molecule is CCCC(CCO)CNC(=O)Nc1ccc(-c2nccs2)cc1. The van der Waals surface area contributed by atoms with Crippen LogP contribution in [0.25, 0.3) is 10.6 Å². The number of aliphatic hydroxyl groups excluding tert-OH is 1. The van der Waals surface area contributed by atoms with Gasteiger partial charge in [0.05, 0.1) is 0 Å². The zero-order valence-electron chi connectivity index (χ0n) is 13.3. The lowest BCUT2D eigenvalue weighted by atomic mass is 10.0. The molecule has 0 aliphatic carbocycles. The molecule has 23 heavy (non-hydrogen) atoms. The van der Waals surface area contributed by atoms with Gasteiger partial charge in [0.15, 0.2) is 0 Å². The van der Waals surface area contributed by atoms with Crippen molar-refractivity contribution in [2.45, 2.75) is 26.2 Å². The summed E-state index contributed by atoms with van der Waals surface area (Å²) in [5, 5.41) is 17.6. The molecule has 3 N–H and O–H groups in total. The lowest BCUT2D eigenvalue weighted by Gasteiger charge is -2.16. The Hall–Kier alpha value is -1.92. The number of hydrogen-bond acceptors (Lipinski definition) is 4. The summed E-state index contributed by atoms with van der Waals surface area (Å²) in [6, 6.07) is 7.41. The first kappa shape index (κ1) is 17.4. The van der Waals surface area contributed by atoms with Gasteiger partial charge in [-0.2, -0.15) is 0 Å². The molecule has 2 aromatic rings. The molecular formula is C17H23N3O2S. The molecule has 0 radical (unpaired) electrons. The van der Waals surface area contributed by atoms with Gasteiger partial charge in [-0.1, -0.05) is 13.3 Å². The van der Waals surface area contributed by atoms with E-state index >= 15 is 0 Å². The number of anilines is 1. The van der Waals surface area contributed by atoms with Crippen molar-refractivity contribution in [2.75, 3.05) is 18.5 Å². The summed E-state index contributed by atoms with van der Waals surface area (Å²) in [7, 11) is 0. The van der Waals surface area contributed by atoms with Gasteiger partial charge in [0.2, 0.25) is 0 Å². The van der Waals surface area contributed by atoms with E-state index in [0.29, 0.717) is 12.5 Å². The number of rotatable bonds is 8. The zero-order chi connectivity index (χ0) is 16.5. The second-order valence-corrected chi connectivity index (χ2v) is 6.31. The molecule has 1 aromatic heterocycles. The number of hydrogen-bond donors (Lipinski definition) is 3. The van der Waals surface area contributed by atoms with Crippen LogP contribution >= 0.6 is 11.3 Å². The third kappa shape index (κ3) is 5.65. The van der Waals surface area contributed by atoms with Crippen LogP contribution in [0, 0.1) is 5.92 Å². The molecule has 6 heteroatoms. The summed E-state index contributed by atoms with van der Waals surface area (Å²) in [4.78, 5) is 16.2. The molecule has 2 amide bonds. The van der Waals surface area contributed by atoms with Gasteiger partial charge >= 0.3 is 6.03 Å². The van der Waals surface area contributed by atoms with Crippen LogP contribution in [0.5, 0.6) is 0 Å². The fraction of sp³-hybridized carbons (Fsp3) is 0.412. The normalized spacial score (nSPS) is 11.9. The number of nitrogens with one attached hydrogen (secondary N) is 2. The number of aliphatic hydroxyl groups is 1. The van der Waals surface area contributed by atoms with Crippen molar-refractivity contribution in [1.82, 2.24) is 10.3 Å². The highest BCUT2D eigenvalue weighted by Crippen LogP contribution is 2.23. The van der Waals surface area contributed by atoms with E-state index in [1.54, 1.807) is 17.5 Å². The Kier molecular flexibility index (Phi) is 7.03. The largest absolute Gasteiger partial charge is 0.396 e. The van der Waals surface area contributed by atoms with Gasteiger partial charge in [-0.3, -0.25) is 0 Å². The molecule has 5 nitrogen and oxygen atoms in total. The summed E-state index contributed by atoms with van der Waals surface area (Å²) < 4.78 is 0. The number of urea groups is 1. The van der Waals surface area contributed by atoms with Crippen LogP contribution < -0.4 is 10.6 Å². The zero-order valence-corrected chi connectivity index (χ0v) is 14.1. The second-order valence-electron chi connectivity index (χ2n) is 5.42. The first-order valence-electron chi connectivity index (χ1n) is 7.88. The quantitative estimate of drug-likeness (QED) is 0.689. The second kappa shape index (κ2) is 9.27. The molecule has 0 fully saturated rings. The maximum Gasteiger partial charge on any atom is 0.319 e. The van der Waals surface area contributed by atoms with Gasteiger partial charge in [0, 0.05) is 36.0 Å². The van der Waals surface area contributed by atoms with E-state index in [9.17, 15) is 4.79 Å². The third-order valence-corrected chi connectivity index (χ3v) is 4.43. The monoisotopic (exact) mass is 333 g/mol. The number of nitrogens with zero attached hydrogens (tertiary/aromatic N) is 1. The average Bonchev–Trinajstić information content (AvgIpc) is 3.08. The number of amides is 2. The molecule has 1 atom stereocenters. The predicted molar refractivity (Wildman–Crippen MR) is 94.7 cm³/mol. The molecule has 1 aromatic carbocycles. The summed E-state index contributed by atoms with van der Waals surface area (Å²) in [5.74, 6) is 0.322. The molecule has 0 bridgehead atoms. The van der Waals surface area contributed by atoms with Crippen molar-refractivity contribution in [3.63, 3.8) is 0 Å². The smallest absolute Gasteiger partial charge is 0.319 e. The minimum absolute atomic E-state index is 0.159. The third-order valence-electron chi connectivity index (χ3n) is 3.61. The fourth-order valence-electron chi connectivity index (χ4n) is 2.41. The van der Waals surface area contributed by atoms with E-state index in [1.165, 1.54) is 0 Å². The van der Waals surface area contributed by atoms with Crippen LogP contribution in [-0.4, -0.2) is 29.3 Å². The molecule has 0 aliphatic heterocycles. The van der Waals surface area contributed by atoms with Gasteiger partial charge in [-0.05, 0) is 43.0 Å². The first-order chi connectivity index (χ1) is 11.2. The minimum Gasteiger partial charge on any atom is -0.396 e. The number of benzene rings is 1. The summed E-state index contributed by atoms with van der Waals surface area (Å²) in [6.45, 7) is 2.85. The maximum absolute atomic E-state index is 11.9. The van der Waals surface area contributed by atoms with E-state index < -0.39 is 0 Å². The Bertz CT molecular complexity index is 578. The molecule has 2 rings (SSSR count). The molecule has 0 saturated heterocycles. The van der Waals surface area contributed by atoms with E-state index in [-0.39, 0.29) is 12.6 Å². The maximum atomic E-state index is 11.9. The van der Waals surface area contributed by atoms with E-state index in [0.717, 1.165) is 35.5 Å². The van der Waals surface area contributed by atoms with Crippen LogP contribution in [0.1, 0.15) is 26.2 Å². The number of carbonyl (C=O) groups excluding carboxylic acids is 1. The molecule has 0 aliphatic rings. The van der Waals surface area contributed by atoms with Gasteiger partial charge in [-0.15, -0.1) is 11.3 Å². The minimum atomic E-state index is -0.217. The van der Waals surface area contributed by atoms with Gasteiger partial charge in [-0.25, -0.2) is 9.78 Å². The highest BCUT2D eigenvalue weighted by atomic mass is 32.1. The Morgan fingerprint density at radius 3 is 2.70 bits per heavy atom. The van der Waals surface area contributed by atoms with Crippen molar-refractivity contribution in [3.05, 3.63) is 35.8 Å². The van der Waals surface area contributed by atoms with Crippen molar-refractivity contribution < 1.29 is 9.90 Å². The van der Waals surface area contributed by atoms with Crippen molar-refractivity contribution in [2.24, 2.45) is 5.92 Å². The first-order valence-corrected chi connectivity index (χ1v) is 8.76. The number of carbonyl (C=O) groups is 1. The summed E-state index contributed by atoms with van der Waals surface area (Å²) in [6.07, 6.45) is 4.55. The molecule has 0 saturated carbocycles. The van der Waals surface area contributed by atoms with Gasteiger partial charge in [0.1, 0.15) is 5.01 Å². The summed E-state index contributed by atoms with van der Waals surface area (Å²) >= 11 is 1.59. The van der Waals surface area contributed by atoms with E-state index in [4.69, 9.17) is 5.11 Å². The lowest BCUT2D eigenvalue weighted by Crippen LogP contribution is -2.33. The highest BCUT2D eigenvalue weighted by molar-refractivity contribution is 7.13. The molecule has 1 unspecified atom stereocenters. The number of thiazole rings is 1. The van der Waals surface area contributed by atoms with Crippen LogP contribution in [0.4, 0.5) is 10.5 Å². The van der Waals surface area contributed by atoms with Crippen molar-refractivity contribution >= 4 is 23.1 Å². The van der Waals surface area contributed by atoms with E-state index in [2.05, 4.69) is 22.5 Å². The lowest BCUT2D eigenvalue weighted by molar-refractivity contribution is 0.237. The average molecular weight is 333 g/mol. The van der Waals surface area contributed by atoms with E-state index in [1.807, 2.05) is 29.6 Å². The van der Waals surface area contributed by atoms with Crippen LogP contribution in [0.3, 0.4) is 0 Å². The molecule has 1 heterocycles. The van der Waals surface area contributed by atoms with Crippen molar-refractivity contribution in [3.8, 4) is 10.6 Å². The summed E-state index contributed by atoms with van der Waals surface area (Å²) in [5.41, 5.74) is 1.79. The van der Waals surface area contributed by atoms with Crippen LogP contribution in [-0.2, 0) is 0 Å². The van der Waals surface area contributed by atoms with Crippen LogP contribution in [0.2, 0.25) is 0 Å². The highest BCUT2D eigenvalue weighted by Gasteiger charge is 2.09. The topological polar surface area (TPSA) is 74.2 Å².